The van der Waals surface area contributed by atoms with Gasteiger partial charge in [-0.25, -0.2) is 14.8 Å². The van der Waals surface area contributed by atoms with Crippen LogP contribution in [0.5, 0.6) is 0 Å². The lowest BCUT2D eigenvalue weighted by Crippen LogP contribution is -2.37. The summed E-state index contributed by atoms with van der Waals surface area (Å²) in [7, 11) is 0. The Kier molecular flexibility index (Phi) is 14.8. The number of Topliss-reactive ketones (excluding diaryl/α,β-unsaturated/α-hetero) is 2. The smallest absolute Gasteiger partial charge is 0.416 e. The average molecular weight is 841 g/mol. The second-order valence-electron chi connectivity index (χ2n) is 14.8. The zero-order chi connectivity index (χ0) is 44.2. The maximum Gasteiger partial charge on any atom is 0.416 e. The molecular weight excluding hydrogens is 799 g/mol. The Morgan fingerprint density at radius 3 is 1.57 bits per heavy atom. The van der Waals surface area contributed by atoms with Gasteiger partial charge < -0.3 is 10.1 Å². The van der Waals surface area contributed by atoms with E-state index < -0.39 is 41.0 Å². The predicted octanol–water partition coefficient (Wildman–Crippen LogP) is 11.6. The maximum atomic E-state index is 13.0. The average Bonchev–Trinajstić information content (AvgIpc) is 3.22. The minimum absolute atomic E-state index is 0.00382. The summed E-state index contributed by atoms with van der Waals surface area (Å²) in [6.45, 7) is 6.03. The molecule has 2 aromatic heterocycles. The Bertz CT molecular complexity index is 2420. The summed E-state index contributed by atoms with van der Waals surface area (Å²) in [6, 6.07) is 34.4. The van der Waals surface area contributed by atoms with E-state index >= 15 is 0 Å². The molecule has 316 valence electrons. The SMILES string of the molecule is CC(C)(C)OC(=O)N(Cc1ccccc1)c1cc(CC(=O)c2cccc(C(F)(F)F)c2)ccn1.O=C(Cc1ccnc(NCc2ccccc2)c1)c1cccc(C(F)(F)F)c1. The molecule has 0 unspecified atom stereocenters. The number of nitrogens with zero attached hydrogens (tertiary/aromatic N) is 3. The molecule has 0 aliphatic carbocycles. The summed E-state index contributed by atoms with van der Waals surface area (Å²) in [6.07, 6.45) is -6.74. The third-order valence-corrected chi connectivity index (χ3v) is 8.78. The zero-order valence-electron chi connectivity index (χ0n) is 33.4. The number of hydrogen-bond donors (Lipinski definition) is 1. The maximum absolute atomic E-state index is 13.0. The van der Waals surface area contributed by atoms with Crippen LogP contribution >= 0.6 is 0 Å². The number of carbonyl (C=O) groups is 3. The van der Waals surface area contributed by atoms with Crippen LogP contribution in [0.2, 0.25) is 0 Å². The van der Waals surface area contributed by atoms with Crippen LogP contribution < -0.4 is 10.2 Å². The monoisotopic (exact) mass is 840 g/mol. The molecule has 4 aromatic carbocycles. The first-order valence-corrected chi connectivity index (χ1v) is 19.0. The van der Waals surface area contributed by atoms with Crippen molar-refractivity contribution < 1.29 is 45.5 Å². The van der Waals surface area contributed by atoms with Crippen molar-refractivity contribution in [1.29, 1.82) is 0 Å². The van der Waals surface area contributed by atoms with E-state index in [9.17, 15) is 40.7 Å². The number of halogens is 6. The first kappa shape index (κ1) is 45.3. The van der Waals surface area contributed by atoms with Crippen LogP contribution in [-0.2, 0) is 43.0 Å². The van der Waals surface area contributed by atoms with Crippen LogP contribution in [0.25, 0.3) is 0 Å². The van der Waals surface area contributed by atoms with Gasteiger partial charge >= 0.3 is 18.4 Å². The van der Waals surface area contributed by atoms with Crippen LogP contribution in [0, 0.1) is 0 Å². The van der Waals surface area contributed by atoms with Gasteiger partial charge in [-0.3, -0.25) is 14.5 Å². The molecule has 61 heavy (non-hydrogen) atoms. The van der Waals surface area contributed by atoms with E-state index in [0.29, 0.717) is 23.5 Å². The number of anilines is 2. The lowest BCUT2D eigenvalue weighted by atomic mass is 10.0. The second kappa shape index (κ2) is 19.9. The summed E-state index contributed by atoms with van der Waals surface area (Å²) in [5.74, 6) is 0.0251. The van der Waals surface area contributed by atoms with Gasteiger partial charge in [0, 0.05) is 42.9 Å². The van der Waals surface area contributed by atoms with Gasteiger partial charge in [-0.05, 0) is 91.6 Å². The van der Waals surface area contributed by atoms with Gasteiger partial charge in [0.15, 0.2) is 11.6 Å². The van der Waals surface area contributed by atoms with Gasteiger partial charge in [-0.1, -0.05) is 84.9 Å². The second-order valence-corrected chi connectivity index (χ2v) is 14.8. The molecule has 0 fully saturated rings. The van der Waals surface area contributed by atoms with Crippen LogP contribution in [0.3, 0.4) is 0 Å². The van der Waals surface area contributed by atoms with E-state index in [4.69, 9.17) is 4.74 Å². The summed E-state index contributed by atoms with van der Waals surface area (Å²) in [4.78, 5) is 47.9. The molecule has 0 aliphatic heterocycles. The predicted molar refractivity (Wildman–Crippen MR) is 220 cm³/mol. The molecule has 0 radical (unpaired) electrons. The van der Waals surface area contributed by atoms with Crippen LogP contribution in [-0.4, -0.2) is 33.2 Å². The summed E-state index contributed by atoms with van der Waals surface area (Å²) >= 11 is 0. The first-order valence-electron chi connectivity index (χ1n) is 19.0. The minimum Gasteiger partial charge on any atom is -0.443 e. The van der Waals surface area contributed by atoms with E-state index in [0.717, 1.165) is 35.4 Å². The van der Waals surface area contributed by atoms with Crippen LogP contribution in [0.1, 0.15) is 74.9 Å². The topological polar surface area (TPSA) is 101 Å². The number of ketones is 2. The fourth-order valence-corrected chi connectivity index (χ4v) is 5.82. The molecule has 14 heteroatoms. The van der Waals surface area contributed by atoms with Crippen molar-refractivity contribution in [1.82, 2.24) is 9.97 Å². The van der Waals surface area contributed by atoms with Gasteiger partial charge in [-0.2, -0.15) is 26.3 Å². The van der Waals surface area contributed by atoms with Crippen molar-refractivity contribution in [3.05, 3.63) is 190 Å². The van der Waals surface area contributed by atoms with E-state index in [1.165, 1.54) is 35.4 Å². The van der Waals surface area contributed by atoms with E-state index in [1.807, 2.05) is 60.7 Å². The molecule has 1 amide bonds. The molecule has 0 spiro atoms. The van der Waals surface area contributed by atoms with E-state index in [1.54, 1.807) is 51.2 Å². The Morgan fingerprint density at radius 1 is 0.574 bits per heavy atom. The molecule has 2 heterocycles. The van der Waals surface area contributed by atoms with Crippen LogP contribution in [0.4, 0.5) is 42.8 Å². The van der Waals surface area contributed by atoms with Crippen LogP contribution in [0.15, 0.2) is 146 Å². The van der Waals surface area contributed by atoms with Gasteiger partial charge in [0.25, 0.3) is 0 Å². The molecule has 6 aromatic rings. The van der Waals surface area contributed by atoms with Gasteiger partial charge in [0.2, 0.25) is 0 Å². The standard InChI is InChI=1S/C26H25F3N2O3.C21H17F3N2O/c1-25(2,3)34-24(33)31(17-18-8-5-4-6-9-18)23-15-19(12-13-30-23)14-22(32)20-10-7-11-21(16-20)26(27,28)29;22-21(23,24)18-8-4-7-17(13-18)19(27)11-16-9-10-25-20(12-16)26-14-15-5-2-1-3-6-15/h4-13,15-16H,14,17H2,1-3H3;1-10,12-13H,11,14H2,(H,25,26). The third kappa shape index (κ3) is 14.2. The molecule has 6 rings (SSSR count). The molecule has 0 atom stereocenters. The number of carbonyl (C=O) groups excluding carboxylic acids is 3. The molecule has 0 bridgehead atoms. The molecule has 1 N–H and O–H groups in total. The van der Waals surface area contributed by atoms with Gasteiger partial charge in [-0.15, -0.1) is 0 Å². The Balaban J connectivity index is 0.000000237. The van der Waals surface area contributed by atoms with E-state index in [2.05, 4.69) is 15.3 Å². The summed E-state index contributed by atoms with van der Waals surface area (Å²) < 4.78 is 83.0. The number of aromatic nitrogens is 2. The highest BCUT2D eigenvalue weighted by molar-refractivity contribution is 5.98. The number of hydrogen-bond acceptors (Lipinski definition) is 7. The highest BCUT2D eigenvalue weighted by atomic mass is 19.4. The molecule has 0 saturated carbocycles. The molecule has 0 saturated heterocycles. The number of benzene rings is 4. The number of amides is 1. The van der Waals surface area contributed by atoms with Crippen molar-refractivity contribution in [2.75, 3.05) is 10.2 Å². The largest absolute Gasteiger partial charge is 0.443 e. The molecular formula is C47H42F6N4O4. The van der Waals surface area contributed by atoms with Crippen molar-refractivity contribution >= 4 is 29.3 Å². The highest BCUT2D eigenvalue weighted by Gasteiger charge is 2.32. The number of pyridine rings is 2. The summed E-state index contributed by atoms with van der Waals surface area (Å²) in [5.41, 5.74) is 0.689. The van der Waals surface area contributed by atoms with Crippen molar-refractivity contribution in [2.45, 2.75) is 64.7 Å². The van der Waals surface area contributed by atoms with Gasteiger partial charge in [0.05, 0.1) is 17.7 Å². The Morgan fingerprint density at radius 2 is 1.07 bits per heavy atom. The normalized spacial score (nSPS) is 11.5. The minimum atomic E-state index is -4.54. The number of nitrogens with one attached hydrogen (secondary N) is 1. The highest BCUT2D eigenvalue weighted by Crippen LogP contribution is 2.31. The van der Waals surface area contributed by atoms with E-state index in [-0.39, 0.29) is 42.1 Å². The fourth-order valence-electron chi connectivity index (χ4n) is 5.82. The Hall–Kier alpha value is -6.83. The van der Waals surface area contributed by atoms with Crippen molar-refractivity contribution in [3.8, 4) is 0 Å². The molecule has 8 nitrogen and oxygen atoms in total. The zero-order valence-corrected chi connectivity index (χ0v) is 33.4. The molecule has 0 aliphatic rings. The fraction of sp³-hybridized carbons (Fsp3) is 0.213. The van der Waals surface area contributed by atoms with Crippen molar-refractivity contribution in [2.24, 2.45) is 0 Å². The number of rotatable bonds is 12. The quantitative estimate of drug-likeness (QED) is 0.0967. The number of alkyl halides is 6. The Labute approximate surface area is 349 Å². The third-order valence-electron chi connectivity index (χ3n) is 8.78. The first-order chi connectivity index (χ1) is 28.8. The summed E-state index contributed by atoms with van der Waals surface area (Å²) in [5, 5.41) is 3.17. The lowest BCUT2D eigenvalue weighted by molar-refractivity contribution is -0.138. The lowest BCUT2D eigenvalue weighted by Gasteiger charge is -2.27. The van der Waals surface area contributed by atoms with Crippen molar-refractivity contribution in [3.63, 3.8) is 0 Å². The number of ether oxygens (including phenoxy) is 1. The van der Waals surface area contributed by atoms with Gasteiger partial charge in [0.1, 0.15) is 17.2 Å².